The van der Waals surface area contributed by atoms with Crippen LogP contribution in [0.2, 0.25) is 0 Å². The second-order valence-electron chi connectivity index (χ2n) is 5.98. The van der Waals surface area contributed by atoms with Crippen LogP contribution in [0, 0.1) is 10.1 Å². The molecule has 0 aliphatic carbocycles. The lowest BCUT2D eigenvalue weighted by molar-refractivity contribution is -0.483. The van der Waals surface area contributed by atoms with Gasteiger partial charge in [-0.2, -0.15) is 0 Å². The fourth-order valence-electron chi connectivity index (χ4n) is 2.68. The van der Waals surface area contributed by atoms with Gasteiger partial charge in [0.1, 0.15) is 11.3 Å². The van der Waals surface area contributed by atoms with Crippen LogP contribution in [0.3, 0.4) is 0 Å². The summed E-state index contributed by atoms with van der Waals surface area (Å²) < 4.78 is 10.7. The highest BCUT2D eigenvalue weighted by Crippen LogP contribution is 2.30. The van der Waals surface area contributed by atoms with Gasteiger partial charge in [-0.1, -0.05) is 19.9 Å². The van der Waals surface area contributed by atoms with Crippen molar-refractivity contribution in [2.45, 2.75) is 45.4 Å². The molecule has 1 aromatic carbocycles. The summed E-state index contributed by atoms with van der Waals surface area (Å²) in [6.07, 6.45) is 0.968. The predicted octanol–water partition coefficient (Wildman–Crippen LogP) is 4.26. The third-order valence-electron chi connectivity index (χ3n) is 4.23. The van der Waals surface area contributed by atoms with Gasteiger partial charge < -0.3 is 9.15 Å². The Morgan fingerprint density at radius 2 is 2.08 bits per heavy atom. The van der Waals surface area contributed by atoms with Gasteiger partial charge in [0, 0.05) is 10.3 Å². The molecule has 0 spiro atoms. The highest BCUT2D eigenvalue weighted by molar-refractivity contribution is 5.79. The first-order chi connectivity index (χ1) is 11.4. The summed E-state index contributed by atoms with van der Waals surface area (Å²) in [5.74, 6) is -0.193. The Hall–Kier alpha value is -2.37. The number of nitro groups is 1. The third kappa shape index (κ3) is 4.34. The maximum Gasteiger partial charge on any atom is 0.306 e. The van der Waals surface area contributed by atoms with Gasteiger partial charge in [-0.05, 0) is 43.0 Å². The largest absolute Gasteiger partial charge is 0.466 e. The number of hydrogen-bond donors (Lipinski definition) is 0. The van der Waals surface area contributed by atoms with Crippen LogP contribution in [0.25, 0.3) is 11.0 Å². The van der Waals surface area contributed by atoms with Gasteiger partial charge in [-0.15, -0.1) is 0 Å². The number of carbonyl (C=O) groups excluding carboxylic acids is 1. The molecular weight excluding hydrogens is 310 g/mol. The Balaban J connectivity index is 2.31. The number of ether oxygens (including phenoxy) is 1. The van der Waals surface area contributed by atoms with E-state index in [2.05, 4.69) is 13.8 Å². The molecule has 6 heteroatoms. The Bertz CT molecular complexity index is 721. The first-order valence-electron chi connectivity index (χ1n) is 8.25. The number of fused-ring (bicyclic) bond motifs is 1. The first kappa shape index (κ1) is 18.0. The summed E-state index contributed by atoms with van der Waals surface area (Å²) >= 11 is 0. The summed E-state index contributed by atoms with van der Waals surface area (Å²) in [7, 11) is 0. The SMILES string of the molecule is CCOC(=O)CC(C[N+](=O)[O-])c1cc2cc(C(C)CC)ccc2o1. The molecule has 0 saturated heterocycles. The summed E-state index contributed by atoms with van der Waals surface area (Å²) in [6, 6.07) is 7.74. The molecule has 0 aliphatic heterocycles. The quantitative estimate of drug-likeness (QED) is 0.409. The molecule has 130 valence electrons. The standard InChI is InChI=1S/C18H23NO5/c1-4-12(3)13-6-7-16-14(8-13)9-17(24-16)15(11-19(21)22)10-18(20)23-5-2/h6-9,12,15H,4-5,10-11H2,1-3H3. The van der Waals surface area contributed by atoms with Gasteiger partial charge >= 0.3 is 5.97 Å². The number of hydrogen-bond acceptors (Lipinski definition) is 5. The fraction of sp³-hybridized carbons (Fsp3) is 0.500. The van der Waals surface area contributed by atoms with E-state index in [-0.39, 0.29) is 19.6 Å². The molecule has 0 bridgehead atoms. The smallest absolute Gasteiger partial charge is 0.306 e. The van der Waals surface area contributed by atoms with E-state index in [0.717, 1.165) is 11.8 Å². The molecule has 0 N–H and O–H groups in total. The topological polar surface area (TPSA) is 82.6 Å². The van der Waals surface area contributed by atoms with Crippen molar-refractivity contribution >= 4 is 16.9 Å². The fourth-order valence-corrected chi connectivity index (χ4v) is 2.68. The Kier molecular flexibility index (Phi) is 5.95. The maximum absolute atomic E-state index is 11.7. The number of nitrogens with zero attached hydrogens (tertiary/aromatic N) is 1. The van der Waals surface area contributed by atoms with E-state index in [1.54, 1.807) is 13.0 Å². The zero-order valence-corrected chi connectivity index (χ0v) is 14.3. The molecule has 0 aliphatic rings. The first-order valence-corrected chi connectivity index (χ1v) is 8.25. The zero-order valence-electron chi connectivity index (χ0n) is 14.3. The molecule has 1 heterocycles. The predicted molar refractivity (Wildman–Crippen MR) is 90.8 cm³/mol. The summed E-state index contributed by atoms with van der Waals surface area (Å²) in [6.45, 7) is 5.87. The normalized spacial score (nSPS) is 13.6. The number of benzene rings is 1. The molecule has 6 nitrogen and oxygen atoms in total. The van der Waals surface area contributed by atoms with Crippen molar-refractivity contribution in [1.29, 1.82) is 0 Å². The van der Waals surface area contributed by atoms with E-state index in [9.17, 15) is 14.9 Å². The lowest BCUT2D eigenvalue weighted by Gasteiger charge is -2.09. The van der Waals surface area contributed by atoms with E-state index in [1.807, 2.05) is 18.2 Å². The third-order valence-corrected chi connectivity index (χ3v) is 4.23. The highest BCUT2D eigenvalue weighted by atomic mass is 16.6. The minimum absolute atomic E-state index is 0.0626. The Morgan fingerprint density at radius 1 is 1.33 bits per heavy atom. The summed E-state index contributed by atoms with van der Waals surface area (Å²) in [5.41, 5.74) is 1.88. The van der Waals surface area contributed by atoms with Gasteiger partial charge in [0.05, 0.1) is 18.9 Å². The Labute approximate surface area is 140 Å². The van der Waals surface area contributed by atoms with Crippen molar-refractivity contribution in [2.24, 2.45) is 0 Å². The molecule has 0 fully saturated rings. The number of esters is 1. The van der Waals surface area contributed by atoms with Crippen LogP contribution in [0.4, 0.5) is 0 Å². The molecule has 2 unspecified atom stereocenters. The van der Waals surface area contributed by atoms with Crippen molar-refractivity contribution in [3.05, 3.63) is 45.7 Å². The van der Waals surface area contributed by atoms with Crippen molar-refractivity contribution < 1.29 is 18.9 Å². The number of furan rings is 1. The van der Waals surface area contributed by atoms with Gasteiger partial charge in [0.15, 0.2) is 0 Å². The lowest BCUT2D eigenvalue weighted by Crippen LogP contribution is -2.17. The highest BCUT2D eigenvalue weighted by Gasteiger charge is 2.26. The van der Waals surface area contributed by atoms with Crippen LogP contribution in [-0.4, -0.2) is 24.0 Å². The minimum Gasteiger partial charge on any atom is -0.466 e. The van der Waals surface area contributed by atoms with Crippen molar-refractivity contribution in [3.8, 4) is 0 Å². The number of carbonyl (C=O) groups is 1. The summed E-state index contributed by atoms with van der Waals surface area (Å²) in [4.78, 5) is 22.2. The minimum atomic E-state index is -0.626. The monoisotopic (exact) mass is 333 g/mol. The molecule has 0 saturated carbocycles. The molecule has 24 heavy (non-hydrogen) atoms. The van der Waals surface area contributed by atoms with Crippen molar-refractivity contribution in [1.82, 2.24) is 0 Å². The molecule has 2 atom stereocenters. The molecular formula is C18H23NO5. The summed E-state index contributed by atoms with van der Waals surface area (Å²) in [5, 5.41) is 11.8. The second kappa shape index (κ2) is 7.95. The van der Waals surface area contributed by atoms with Crippen molar-refractivity contribution in [2.75, 3.05) is 13.2 Å². The average Bonchev–Trinajstić information content (AvgIpc) is 2.96. The van der Waals surface area contributed by atoms with Crippen molar-refractivity contribution in [3.63, 3.8) is 0 Å². The molecule has 2 rings (SSSR count). The molecule has 0 amide bonds. The van der Waals surface area contributed by atoms with E-state index >= 15 is 0 Å². The van der Waals surface area contributed by atoms with E-state index in [1.165, 1.54) is 5.56 Å². The maximum atomic E-state index is 11.7. The van der Waals surface area contributed by atoms with Crippen LogP contribution in [0.1, 0.15) is 56.8 Å². The Morgan fingerprint density at radius 3 is 2.71 bits per heavy atom. The van der Waals surface area contributed by atoms with Crippen LogP contribution in [-0.2, 0) is 9.53 Å². The molecule has 2 aromatic rings. The molecule has 0 radical (unpaired) electrons. The van der Waals surface area contributed by atoms with Gasteiger partial charge in [0.2, 0.25) is 6.54 Å². The van der Waals surface area contributed by atoms with Crippen LogP contribution >= 0.6 is 0 Å². The van der Waals surface area contributed by atoms with E-state index in [0.29, 0.717) is 17.3 Å². The van der Waals surface area contributed by atoms with Crippen LogP contribution in [0.15, 0.2) is 28.7 Å². The lowest BCUT2D eigenvalue weighted by atomic mass is 9.97. The number of rotatable bonds is 8. The van der Waals surface area contributed by atoms with Gasteiger partial charge in [-0.3, -0.25) is 14.9 Å². The van der Waals surface area contributed by atoms with Gasteiger partial charge in [-0.25, -0.2) is 0 Å². The van der Waals surface area contributed by atoms with E-state index in [4.69, 9.17) is 9.15 Å². The second-order valence-corrected chi connectivity index (χ2v) is 5.98. The zero-order chi connectivity index (χ0) is 17.7. The molecule has 1 aromatic heterocycles. The van der Waals surface area contributed by atoms with Crippen LogP contribution in [0.5, 0.6) is 0 Å². The van der Waals surface area contributed by atoms with Crippen LogP contribution < -0.4 is 0 Å². The average molecular weight is 333 g/mol. The van der Waals surface area contributed by atoms with Gasteiger partial charge in [0.25, 0.3) is 0 Å². The van der Waals surface area contributed by atoms with E-state index < -0.39 is 16.8 Å².